The first-order valence-electron chi connectivity index (χ1n) is 12.1. The molecule has 0 aliphatic carbocycles. The molecule has 13 heteroatoms. The number of aromatic nitrogens is 8. The summed E-state index contributed by atoms with van der Waals surface area (Å²) in [7, 11) is 0. The molecule has 0 saturated heterocycles. The van der Waals surface area contributed by atoms with E-state index in [4.69, 9.17) is 38.4 Å². The number of nitrogens with two attached hydrogens (primary N) is 1. The van der Waals surface area contributed by atoms with Crippen molar-refractivity contribution in [2.75, 3.05) is 5.73 Å². The number of rotatable bonds is 4. The number of benzene rings is 2. The molecule has 39 heavy (non-hydrogen) atoms. The van der Waals surface area contributed by atoms with E-state index >= 15 is 0 Å². The largest absolute Gasteiger partial charge is 0.380 e. The molecule has 0 amide bonds. The summed E-state index contributed by atoms with van der Waals surface area (Å²) in [5.41, 5.74) is 9.67. The van der Waals surface area contributed by atoms with E-state index in [1.807, 2.05) is 18.2 Å². The van der Waals surface area contributed by atoms with Gasteiger partial charge in [0.05, 0.1) is 40.9 Å². The van der Waals surface area contributed by atoms with E-state index in [0.29, 0.717) is 51.4 Å². The molecule has 0 fully saturated rings. The van der Waals surface area contributed by atoms with Crippen molar-refractivity contribution < 1.29 is 4.52 Å². The molecular formula is C26H19Cl2N9O2. The highest BCUT2D eigenvalue weighted by Crippen LogP contribution is 2.36. The number of H-pyrrole nitrogens is 1. The van der Waals surface area contributed by atoms with E-state index in [0.717, 1.165) is 16.6 Å². The molecule has 6 aromatic rings. The van der Waals surface area contributed by atoms with E-state index in [1.165, 1.54) is 10.7 Å². The molecule has 0 radical (unpaired) electrons. The molecule has 5 heterocycles. The van der Waals surface area contributed by atoms with Gasteiger partial charge in [-0.3, -0.25) is 9.36 Å². The SMILES string of the molecule is C[C@H]1Cc2nc(-c3cc(Cl)ccc3-n3cc(Cl)nn3)cc(=O)n2[C@@H]1c1ncc(-c2ccc3c(N)noc3c2)[nH]1. The summed E-state index contributed by atoms with van der Waals surface area (Å²) in [5, 5.41) is 13.2. The summed E-state index contributed by atoms with van der Waals surface area (Å²) < 4.78 is 8.53. The van der Waals surface area contributed by atoms with Crippen LogP contribution in [-0.4, -0.2) is 39.7 Å². The summed E-state index contributed by atoms with van der Waals surface area (Å²) in [6.07, 6.45) is 3.92. The Kier molecular flexibility index (Phi) is 5.32. The van der Waals surface area contributed by atoms with Crippen molar-refractivity contribution >= 4 is 40.0 Å². The summed E-state index contributed by atoms with van der Waals surface area (Å²) >= 11 is 12.3. The number of fused-ring (bicyclic) bond motifs is 2. The topological polar surface area (TPSA) is 146 Å². The highest BCUT2D eigenvalue weighted by atomic mass is 35.5. The van der Waals surface area contributed by atoms with Gasteiger partial charge < -0.3 is 15.2 Å². The Morgan fingerprint density at radius 3 is 2.85 bits per heavy atom. The molecule has 0 spiro atoms. The van der Waals surface area contributed by atoms with Gasteiger partial charge in [-0.15, -0.1) is 5.10 Å². The van der Waals surface area contributed by atoms with Gasteiger partial charge >= 0.3 is 0 Å². The van der Waals surface area contributed by atoms with Crippen LogP contribution in [0.2, 0.25) is 10.2 Å². The van der Waals surface area contributed by atoms with Crippen molar-refractivity contribution in [1.82, 2.24) is 39.7 Å². The fraction of sp³-hybridized carbons (Fsp3) is 0.154. The number of imidazole rings is 1. The lowest BCUT2D eigenvalue weighted by molar-refractivity contribution is 0.449. The highest BCUT2D eigenvalue weighted by Gasteiger charge is 2.35. The Balaban J connectivity index is 1.28. The Hall–Kier alpha value is -4.48. The van der Waals surface area contributed by atoms with Crippen LogP contribution in [0, 0.1) is 5.92 Å². The lowest BCUT2D eigenvalue weighted by atomic mass is 10.0. The maximum atomic E-state index is 13.6. The second-order valence-corrected chi connectivity index (χ2v) is 10.3. The number of anilines is 1. The van der Waals surface area contributed by atoms with Crippen molar-refractivity contribution in [1.29, 1.82) is 0 Å². The van der Waals surface area contributed by atoms with Crippen molar-refractivity contribution in [2.45, 2.75) is 19.4 Å². The molecule has 11 nitrogen and oxygen atoms in total. The predicted octanol–water partition coefficient (Wildman–Crippen LogP) is 4.69. The van der Waals surface area contributed by atoms with Crippen LogP contribution < -0.4 is 11.3 Å². The summed E-state index contributed by atoms with van der Waals surface area (Å²) in [6.45, 7) is 2.08. The summed E-state index contributed by atoms with van der Waals surface area (Å²) in [6, 6.07) is 12.1. The van der Waals surface area contributed by atoms with Crippen LogP contribution in [0.5, 0.6) is 0 Å². The molecule has 0 bridgehead atoms. The number of nitrogens with one attached hydrogen (secondary N) is 1. The van der Waals surface area contributed by atoms with Gasteiger partial charge in [-0.1, -0.05) is 46.6 Å². The van der Waals surface area contributed by atoms with Crippen molar-refractivity contribution in [3.63, 3.8) is 0 Å². The van der Waals surface area contributed by atoms with Gasteiger partial charge in [0.1, 0.15) is 11.6 Å². The molecule has 0 saturated carbocycles. The predicted molar refractivity (Wildman–Crippen MR) is 146 cm³/mol. The Morgan fingerprint density at radius 1 is 1.15 bits per heavy atom. The average molecular weight is 560 g/mol. The number of hydrogen-bond donors (Lipinski definition) is 2. The second-order valence-electron chi connectivity index (χ2n) is 9.50. The van der Waals surface area contributed by atoms with Gasteiger partial charge in [-0.25, -0.2) is 14.6 Å². The third-order valence-electron chi connectivity index (χ3n) is 6.98. The average Bonchev–Trinajstić information content (AvgIpc) is 3.70. The molecule has 1 aliphatic heterocycles. The zero-order valence-corrected chi connectivity index (χ0v) is 21.9. The first-order valence-corrected chi connectivity index (χ1v) is 12.8. The van der Waals surface area contributed by atoms with E-state index in [-0.39, 0.29) is 22.7 Å². The molecule has 7 rings (SSSR count). The van der Waals surface area contributed by atoms with Gasteiger partial charge in [0.2, 0.25) is 0 Å². The van der Waals surface area contributed by atoms with Crippen LogP contribution in [0.25, 0.3) is 39.2 Å². The Bertz CT molecular complexity index is 1950. The van der Waals surface area contributed by atoms with Crippen LogP contribution in [0.4, 0.5) is 5.82 Å². The van der Waals surface area contributed by atoms with Crippen LogP contribution in [-0.2, 0) is 6.42 Å². The maximum Gasteiger partial charge on any atom is 0.254 e. The van der Waals surface area contributed by atoms with E-state index in [2.05, 4.69) is 32.4 Å². The molecule has 3 N–H and O–H groups in total. The lowest BCUT2D eigenvalue weighted by Gasteiger charge is -2.16. The van der Waals surface area contributed by atoms with Gasteiger partial charge in [-0.05, 0) is 36.2 Å². The minimum atomic E-state index is -0.305. The smallest absolute Gasteiger partial charge is 0.254 e. The third kappa shape index (κ3) is 3.89. The summed E-state index contributed by atoms with van der Waals surface area (Å²) in [5.74, 6) is 1.75. The number of nitrogens with zero attached hydrogens (tertiary/aromatic N) is 7. The van der Waals surface area contributed by atoms with Crippen LogP contribution in [0.15, 0.2) is 64.2 Å². The molecule has 194 valence electrons. The Labute approximate surface area is 230 Å². The van der Waals surface area contributed by atoms with Gasteiger partial charge in [0, 0.05) is 28.6 Å². The van der Waals surface area contributed by atoms with E-state index < -0.39 is 0 Å². The standard InChI is InChI=1S/C26H19Cl2N9O2/c1-12-6-22-31-17(16-8-14(27)3-5-19(16)36-11-21(28)33-35-36)9-23(38)37(22)24(12)26-30-10-18(32-26)13-2-4-15-20(7-13)39-34-25(15)29/h2-5,7-12,24H,6H2,1H3,(H2,29,34)(H,30,32)/t12-,24-/m0/s1. The fourth-order valence-corrected chi connectivity index (χ4v) is 5.50. The van der Waals surface area contributed by atoms with Crippen molar-refractivity contribution in [3.05, 3.63) is 87.0 Å². The molecule has 4 aromatic heterocycles. The Morgan fingerprint density at radius 2 is 2.03 bits per heavy atom. The zero-order chi connectivity index (χ0) is 26.8. The maximum absolute atomic E-state index is 13.6. The first-order chi connectivity index (χ1) is 18.9. The molecular weight excluding hydrogens is 541 g/mol. The number of hydrogen-bond acceptors (Lipinski definition) is 8. The minimum absolute atomic E-state index is 0.0731. The first kappa shape index (κ1) is 23.6. The second kappa shape index (κ2) is 8.79. The van der Waals surface area contributed by atoms with Crippen molar-refractivity contribution in [2.24, 2.45) is 5.92 Å². The lowest BCUT2D eigenvalue weighted by Crippen LogP contribution is -2.26. The normalized spacial score (nSPS) is 16.7. The summed E-state index contributed by atoms with van der Waals surface area (Å²) in [4.78, 5) is 26.5. The van der Waals surface area contributed by atoms with E-state index in [1.54, 1.807) is 35.2 Å². The van der Waals surface area contributed by atoms with Crippen LogP contribution in [0.1, 0.15) is 24.6 Å². The number of halogens is 2. The molecule has 2 atom stereocenters. The van der Waals surface area contributed by atoms with Crippen LogP contribution in [0.3, 0.4) is 0 Å². The van der Waals surface area contributed by atoms with Crippen molar-refractivity contribution in [3.8, 4) is 28.2 Å². The molecule has 1 aliphatic rings. The third-order valence-corrected chi connectivity index (χ3v) is 7.39. The molecule has 2 aromatic carbocycles. The van der Waals surface area contributed by atoms with Gasteiger partial charge in [0.15, 0.2) is 16.6 Å². The monoisotopic (exact) mass is 559 g/mol. The van der Waals surface area contributed by atoms with Gasteiger partial charge in [-0.2, -0.15) is 0 Å². The number of aromatic amines is 1. The van der Waals surface area contributed by atoms with Crippen LogP contribution >= 0.6 is 23.2 Å². The zero-order valence-electron chi connectivity index (χ0n) is 20.3. The molecule has 0 unspecified atom stereocenters. The van der Waals surface area contributed by atoms with E-state index in [9.17, 15) is 4.79 Å². The quantitative estimate of drug-likeness (QED) is 0.316. The fourth-order valence-electron chi connectivity index (χ4n) is 5.20. The highest BCUT2D eigenvalue weighted by molar-refractivity contribution is 6.31. The number of nitrogen functional groups attached to an aromatic ring is 1. The van der Waals surface area contributed by atoms with Gasteiger partial charge in [0.25, 0.3) is 5.56 Å². The minimum Gasteiger partial charge on any atom is -0.380 e.